The average molecular weight is 369 g/mol. The third-order valence-corrected chi connectivity index (χ3v) is 2.76. The number of benzene rings is 1. The van der Waals surface area contributed by atoms with E-state index in [1.54, 1.807) is 5.32 Å². The maximum absolute atomic E-state index is 12.8. The molecule has 25 heavy (non-hydrogen) atoms. The third kappa shape index (κ3) is 6.86. The van der Waals surface area contributed by atoms with Crippen molar-refractivity contribution in [3.05, 3.63) is 41.0 Å². The second-order valence-corrected chi connectivity index (χ2v) is 4.68. The Hall–Kier alpha value is -2.52. The Morgan fingerprint density at radius 2 is 1.80 bits per heavy atom. The highest BCUT2D eigenvalue weighted by Gasteiger charge is 2.32. The quantitative estimate of drug-likeness (QED) is 0.491. The van der Waals surface area contributed by atoms with E-state index in [9.17, 15) is 35.9 Å². The summed E-state index contributed by atoms with van der Waals surface area (Å²) in [6.45, 7) is -0.120. The Morgan fingerprint density at radius 1 is 1.16 bits per heavy atom. The zero-order valence-corrected chi connectivity index (χ0v) is 12.8. The molecule has 0 atom stereocenters. The van der Waals surface area contributed by atoms with E-state index in [1.165, 1.54) is 6.92 Å². The fourth-order valence-corrected chi connectivity index (χ4v) is 1.71. The van der Waals surface area contributed by atoms with Crippen molar-refractivity contribution in [1.82, 2.24) is 5.32 Å². The van der Waals surface area contributed by atoms with Crippen molar-refractivity contribution >= 4 is 18.0 Å². The van der Waals surface area contributed by atoms with Crippen LogP contribution in [0.2, 0.25) is 0 Å². The summed E-state index contributed by atoms with van der Waals surface area (Å²) in [6.07, 6.45) is -7.76. The van der Waals surface area contributed by atoms with Crippen molar-refractivity contribution in [2.75, 3.05) is 13.2 Å². The summed E-state index contributed by atoms with van der Waals surface area (Å²) < 4.78 is 79.3. The van der Waals surface area contributed by atoms with E-state index in [0.717, 1.165) is 18.2 Å². The summed E-state index contributed by atoms with van der Waals surface area (Å²) in [4.78, 5) is 23.1. The SMILES string of the molecule is CCOC(=O)C=Cc1cc(C(F)(F)F)ccc1C(=O)NCC(F)(F)F. The molecule has 0 heterocycles. The van der Waals surface area contributed by atoms with Gasteiger partial charge in [0.2, 0.25) is 0 Å². The fourth-order valence-electron chi connectivity index (χ4n) is 1.71. The highest BCUT2D eigenvalue weighted by Crippen LogP contribution is 2.31. The van der Waals surface area contributed by atoms with E-state index in [-0.39, 0.29) is 12.2 Å². The summed E-state index contributed by atoms with van der Waals surface area (Å²) in [5, 5.41) is 1.56. The maximum Gasteiger partial charge on any atom is 0.416 e. The highest BCUT2D eigenvalue weighted by atomic mass is 19.4. The smallest absolute Gasteiger partial charge is 0.416 e. The molecule has 0 saturated heterocycles. The minimum atomic E-state index is -4.73. The predicted molar refractivity (Wildman–Crippen MR) is 75.5 cm³/mol. The average Bonchev–Trinajstić information content (AvgIpc) is 2.49. The summed E-state index contributed by atoms with van der Waals surface area (Å²) in [6, 6.07) is 1.85. The minimum Gasteiger partial charge on any atom is -0.463 e. The van der Waals surface area contributed by atoms with Crippen molar-refractivity contribution < 1.29 is 40.7 Å². The van der Waals surface area contributed by atoms with Gasteiger partial charge in [-0.15, -0.1) is 0 Å². The topological polar surface area (TPSA) is 55.4 Å². The molecule has 0 saturated carbocycles. The molecule has 10 heteroatoms. The monoisotopic (exact) mass is 369 g/mol. The molecular weight excluding hydrogens is 356 g/mol. The Bertz CT molecular complexity index is 664. The van der Waals surface area contributed by atoms with Crippen molar-refractivity contribution in [3.63, 3.8) is 0 Å². The van der Waals surface area contributed by atoms with Crippen LogP contribution >= 0.6 is 0 Å². The van der Waals surface area contributed by atoms with Gasteiger partial charge >= 0.3 is 18.3 Å². The van der Waals surface area contributed by atoms with Gasteiger partial charge < -0.3 is 10.1 Å². The Balaban J connectivity index is 3.18. The molecule has 0 aliphatic heterocycles. The van der Waals surface area contributed by atoms with Crippen molar-refractivity contribution in [2.24, 2.45) is 0 Å². The van der Waals surface area contributed by atoms with Crippen molar-refractivity contribution in [3.8, 4) is 0 Å². The van der Waals surface area contributed by atoms with Gasteiger partial charge in [0, 0.05) is 11.6 Å². The standard InChI is InChI=1S/C15H13F6NO3/c1-2-25-12(23)6-3-9-7-10(15(19,20)21)4-5-11(9)13(24)22-8-14(16,17)18/h3-7H,2,8H2,1H3,(H,22,24). The summed E-state index contributed by atoms with van der Waals surface area (Å²) in [7, 11) is 0. The van der Waals surface area contributed by atoms with Crippen molar-refractivity contribution in [2.45, 2.75) is 19.3 Å². The molecule has 0 aliphatic rings. The number of hydrogen-bond acceptors (Lipinski definition) is 3. The van der Waals surface area contributed by atoms with Gasteiger partial charge in [-0.25, -0.2) is 4.79 Å². The van der Waals surface area contributed by atoms with Gasteiger partial charge in [0.1, 0.15) is 6.54 Å². The van der Waals surface area contributed by atoms with E-state index in [0.29, 0.717) is 12.1 Å². The molecule has 0 bridgehead atoms. The van der Waals surface area contributed by atoms with Crippen molar-refractivity contribution in [1.29, 1.82) is 0 Å². The number of alkyl halides is 6. The lowest BCUT2D eigenvalue weighted by molar-refractivity contribution is -0.138. The molecule has 0 spiro atoms. The van der Waals surface area contributed by atoms with E-state index >= 15 is 0 Å². The first kappa shape index (κ1) is 20.5. The number of ether oxygens (including phenoxy) is 1. The molecule has 0 aliphatic carbocycles. The van der Waals surface area contributed by atoms with Crippen LogP contribution < -0.4 is 5.32 Å². The Kier molecular flexibility index (Phi) is 6.60. The molecule has 1 N–H and O–H groups in total. The van der Waals surface area contributed by atoms with Gasteiger partial charge in [0.25, 0.3) is 5.91 Å². The van der Waals surface area contributed by atoms with Gasteiger partial charge in [-0.2, -0.15) is 26.3 Å². The van der Waals surface area contributed by atoms with Crippen LogP contribution in [0.3, 0.4) is 0 Å². The lowest BCUT2D eigenvalue weighted by Gasteiger charge is -2.13. The van der Waals surface area contributed by atoms with Gasteiger partial charge in [-0.05, 0) is 36.8 Å². The second kappa shape index (κ2) is 8.04. The number of hydrogen-bond donors (Lipinski definition) is 1. The summed E-state index contributed by atoms with van der Waals surface area (Å²) >= 11 is 0. The number of rotatable bonds is 5. The molecule has 0 unspecified atom stereocenters. The van der Waals surface area contributed by atoms with E-state index < -0.39 is 41.9 Å². The van der Waals surface area contributed by atoms with Gasteiger partial charge in [-0.1, -0.05) is 0 Å². The van der Waals surface area contributed by atoms with Crippen LogP contribution in [0.25, 0.3) is 6.08 Å². The maximum atomic E-state index is 12.8. The van der Waals surface area contributed by atoms with Crippen LogP contribution in [0, 0.1) is 0 Å². The van der Waals surface area contributed by atoms with Crippen LogP contribution in [-0.2, 0) is 15.7 Å². The van der Waals surface area contributed by atoms with Crippen LogP contribution in [0.15, 0.2) is 24.3 Å². The predicted octanol–water partition coefficient (Wildman–Crippen LogP) is 3.57. The van der Waals surface area contributed by atoms with Crippen LogP contribution in [0.5, 0.6) is 0 Å². The fraction of sp³-hybridized carbons (Fsp3) is 0.333. The lowest BCUT2D eigenvalue weighted by Crippen LogP contribution is -2.34. The first-order valence-electron chi connectivity index (χ1n) is 6.85. The zero-order chi connectivity index (χ0) is 19.3. The minimum absolute atomic E-state index is 0.0185. The molecule has 138 valence electrons. The zero-order valence-electron chi connectivity index (χ0n) is 12.8. The molecule has 1 aromatic carbocycles. The molecular formula is C15H13F6NO3. The van der Waals surface area contributed by atoms with Crippen LogP contribution in [0.4, 0.5) is 26.3 Å². The van der Waals surface area contributed by atoms with E-state index in [1.807, 2.05) is 0 Å². The second-order valence-electron chi connectivity index (χ2n) is 4.68. The number of carbonyl (C=O) groups is 2. The van der Waals surface area contributed by atoms with Gasteiger partial charge in [0.05, 0.1) is 12.2 Å². The highest BCUT2D eigenvalue weighted by molar-refractivity contribution is 5.99. The number of amides is 1. The molecule has 0 fully saturated rings. The number of nitrogens with one attached hydrogen (secondary N) is 1. The summed E-state index contributed by atoms with van der Waals surface area (Å²) in [5.41, 5.74) is -1.94. The largest absolute Gasteiger partial charge is 0.463 e. The molecule has 0 aromatic heterocycles. The first-order valence-corrected chi connectivity index (χ1v) is 6.85. The molecule has 1 rings (SSSR count). The number of esters is 1. The molecule has 4 nitrogen and oxygen atoms in total. The van der Waals surface area contributed by atoms with Crippen LogP contribution in [0.1, 0.15) is 28.4 Å². The van der Waals surface area contributed by atoms with E-state index in [2.05, 4.69) is 4.74 Å². The third-order valence-electron chi connectivity index (χ3n) is 2.76. The van der Waals surface area contributed by atoms with Gasteiger partial charge in [0.15, 0.2) is 0 Å². The number of halogens is 6. The summed E-state index contributed by atoms with van der Waals surface area (Å²) in [5.74, 6) is -2.10. The lowest BCUT2D eigenvalue weighted by atomic mass is 10.0. The Labute approximate surface area is 138 Å². The van der Waals surface area contributed by atoms with Gasteiger partial charge in [-0.3, -0.25) is 4.79 Å². The van der Waals surface area contributed by atoms with E-state index in [4.69, 9.17) is 0 Å². The normalized spacial score (nSPS) is 12.3. The number of carbonyl (C=O) groups excluding carboxylic acids is 2. The Morgan fingerprint density at radius 3 is 2.32 bits per heavy atom. The molecule has 1 aromatic rings. The first-order chi connectivity index (χ1) is 11.4. The molecule has 0 radical (unpaired) electrons. The molecule has 1 amide bonds. The van der Waals surface area contributed by atoms with Crippen LogP contribution in [-0.4, -0.2) is 31.2 Å².